The fraction of sp³-hybridized carbons (Fsp3) is 0.238. The number of alkyl halides is 3. The van der Waals surface area contributed by atoms with Gasteiger partial charge < -0.3 is 20.5 Å². The molecule has 2 aliphatic rings. The lowest BCUT2D eigenvalue weighted by molar-refractivity contribution is -0.136. The van der Waals surface area contributed by atoms with Crippen LogP contribution < -0.4 is 20.5 Å². The number of fused-ring (bicyclic) bond motifs is 2. The summed E-state index contributed by atoms with van der Waals surface area (Å²) in [5.41, 5.74) is 6.99. The molecule has 1 aliphatic heterocycles. The molecule has 0 saturated heterocycles. The number of nitrogens with one attached hydrogen (secondary N) is 1. The van der Waals surface area contributed by atoms with Gasteiger partial charge in [0, 0.05) is 11.6 Å². The highest BCUT2D eigenvalue weighted by Gasteiger charge is 2.40. The molecule has 6 nitrogen and oxygen atoms in total. The maximum atomic E-state index is 14.1. The second-order valence-corrected chi connectivity index (χ2v) is 7.24. The molecule has 3 aromatic rings. The van der Waals surface area contributed by atoms with Crippen molar-refractivity contribution in [3.8, 4) is 22.8 Å². The summed E-state index contributed by atoms with van der Waals surface area (Å²) in [5.74, 6) is 0.268. The summed E-state index contributed by atoms with van der Waals surface area (Å²) in [6.45, 7) is 0.0197. The summed E-state index contributed by atoms with van der Waals surface area (Å²) in [7, 11) is 0. The van der Waals surface area contributed by atoms with E-state index in [0.29, 0.717) is 24.3 Å². The van der Waals surface area contributed by atoms with Gasteiger partial charge in [-0.25, -0.2) is 4.98 Å². The summed E-state index contributed by atoms with van der Waals surface area (Å²) < 4.78 is 52.9. The summed E-state index contributed by atoms with van der Waals surface area (Å²) in [5, 5.41) is 2.96. The topological polar surface area (TPSA) is 82.3 Å². The number of nitrogens with zero attached hydrogens (tertiary/aromatic N) is 2. The molecule has 0 unspecified atom stereocenters. The molecule has 0 atom stereocenters. The minimum Gasteiger partial charge on any atom is -0.454 e. The molecule has 1 aliphatic carbocycles. The predicted octanol–water partition coefficient (Wildman–Crippen LogP) is 4.05. The number of hydrogen-bond donors (Lipinski definition) is 2. The minimum atomic E-state index is -4.69. The number of ether oxygens (including phenoxy) is 2. The van der Waals surface area contributed by atoms with Crippen LogP contribution in [0.25, 0.3) is 11.3 Å². The Hall–Kier alpha value is -3.49. The number of rotatable bonds is 3. The number of nitrogen functional groups attached to an aromatic ring is 1. The Balaban J connectivity index is 1.56. The molecule has 9 heteroatoms. The van der Waals surface area contributed by atoms with E-state index in [1.807, 2.05) is 24.3 Å². The standard InChI is InChI=1S/C21H17F3N4O2/c22-21(23,24)17-18(13-5-6-15-16(9-13)30-10-29-15)27-20(25)28-19(17)26-14-7-11-3-1-2-4-12(11)8-14/h1-6,9,14H,7-8,10H2,(H3,25,26,27,28). The number of aromatic nitrogens is 2. The summed E-state index contributed by atoms with van der Waals surface area (Å²) in [6.07, 6.45) is -3.47. The van der Waals surface area contributed by atoms with Gasteiger partial charge in [0.25, 0.3) is 0 Å². The van der Waals surface area contributed by atoms with Gasteiger partial charge in [-0.15, -0.1) is 0 Å². The van der Waals surface area contributed by atoms with Gasteiger partial charge in [0.1, 0.15) is 11.4 Å². The number of anilines is 2. The van der Waals surface area contributed by atoms with Crippen LogP contribution in [0.15, 0.2) is 42.5 Å². The molecule has 0 bridgehead atoms. The van der Waals surface area contributed by atoms with Crippen LogP contribution in [-0.2, 0) is 19.0 Å². The van der Waals surface area contributed by atoms with E-state index in [0.717, 1.165) is 11.1 Å². The van der Waals surface area contributed by atoms with Gasteiger partial charge in [-0.2, -0.15) is 18.2 Å². The molecule has 2 heterocycles. The average molecular weight is 414 g/mol. The summed E-state index contributed by atoms with van der Waals surface area (Å²) in [6, 6.07) is 12.1. The van der Waals surface area contributed by atoms with Crippen LogP contribution in [0.5, 0.6) is 11.5 Å². The van der Waals surface area contributed by atoms with Gasteiger partial charge in [0.05, 0.1) is 5.69 Å². The maximum Gasteiger partial charge on any atom is 0.422 e. The molecular formula is C21H17F3N4O2. The Bertz CT molecular complexity index is 1110. The Kier molecular flexibility index (Phi) is 4.19. The van der Waals surface area contributed by atoms with Crippen molar-refractivity contribution in [3.63, 3.8) is 0 Å². The zero-order valence-electron chi connectivity index (χ0n) is 15.7. The number of halogens is 3. The molecule has 3 N–H and O–H groups in total. The van der Waals surface area contributed by atoms with E-state index >= 15 is 0 Å². The predicted molar refractivity (Wildman–Crippen MR) is 104 cm³/mol. The highest BCUT2D eigenvalue weighted by molar-refractivity contribution is 5.73. The molecular weight excluding hydrogens is 397 g/mol. The van der Waals surface area contributed by atoms with Crippen molar-refractivity contribution in [2.45, 2.75) is 25.1 Å². The fourth-order valence-corrected chi connectivity index (χ4v) is 3.96. The molecule has 154 valence electrons. The van der Waals surface area contributed by atoms with Gasteiger partial charge in [-0.05, 0) is 42.2 Å². The highest BCUT2D eigenvalue weighted by Crippen LogP contribution is 2.43. The quantitative estimate of drug-likeness (QED) is 0.673. The van der Waals surface area contributed by atoms with Gasteiger partial charge in [-0.3, -0.25) is 0 Å². The second kappa shape index (κ2) is 6.79. The number of benzene rings is 2. The van der Waals surface area contributed by atoms with E-state index in [-0.39, 0.29) is 35.9 Å². The lowest BCUT2D eigenvalue weighted by Gasteiger charge is -2.20. The van der Waals surface area contributed by atoms with Gasteiger partial charge >= 0.3 is 6.18 Å². The van der Waals surface area contributed by atoms with Gasteiger partial charge in [0.15, 0.2) is 11.5 Å². The zero-order chi connectivity index (χ0) is 20.9. The Labute approximate surface area is 169 Å². The van der Waals surface area contributed by atoms with E-state index in [4.69, 9.17) is 15.2 Å². The monoisotopic (exact) mass is 414 g/mol. The van der Waals surface area contributed by atoms with Crippen LogP contribution >= 0.6 is 0 Å². The first-order chi connectivity index (χ1) is 14.4. The van der Waals surface area contributed by atoms with Crippen molar-refractivity contribution in [1.29, 1.82) is 0 Å². The lowest BCUT2D eigenvalue weighted by Crippen LogP contribution is -2.24. The molecule has 5 rings (SSSR count). The van der Waals surface area contributed by atoms with E-state index in [1.165, 1.54) is 12.1 Å². The van der Waals surface area contributed by atoms with Crippen LogP contribution in [0.4, 0.5) is 24.9 Å². The van der Waals surface area contributed by atoms with Crippen LogP contribution in [0.1, 0.15) is 16.7 Å². The van der Waals surface area contributed by atoms with Crippen molar-refractivity contribution in [2.75, 3.05) is 17.8 Å². The van der Waals surface area contributed by atoms with Crippen LogP contribution in [0.3, 0.4) is 0 Å². The third-order valence-electron chi connectivity index (χ3n) is 5.25. The first-order valence-electron chi connectivity index (χ1n) is 9.36. The van der Waals surface area contributed by atoms with E-state index in [2.05, 4.69) is 15.3 Å². The fourth-order valence-electron chi connectivity index (χ4n) is 3.96. The van der Waals surface area contributed by atoms with Gasteiger partial charge in [-0.1, -0.05) is 24.3 Å². The Morgan fingerprint density at radius 1 is 0.967 bits per heavy atom. The Morgan fingerprint density at radius 3 is 2.37 bits per heavy atom. The van der Waals surface area contributed by atoms with Crippen LogP contribution in [0.2, 0.25) is 0 Å². The lowest BCUT2D eigenvalue weighted by atomic mass is 10.0. The summed E-state index contributed by atoms with van der Waals surface area (Å²) in [4.78, 5) is 7.82. The molecule has 0 spiro atoms. The molecule has 1 aromatic heterocycles. The van der Waals surface area contributed by atoms with Crippen LogP contribution in [0, 0.1) is 0 Å². The van der Waals surface area contributed by atoms with E-state index in [9.17, 15) is 13.2 Å². The third kappa shape index (κ3) is 3.26. The average Bonchev–Trinajstić information content (AvgIpc) is 3.31. The number of hydrogen-bond acceptors (Lipinski definition) is 6. The van der Waals surface area contributed by atoms with E-state index in [1.54, 1.807) is 6.07 Å². The van der Waals surface area contributed by atoms with Crippen molar-refractivity contribution in [1.82, 2.24) is 9.97 Å². The molecule has 0 radical (unpaired) electrons. The molecule has 0 saturated carbocycles. The first kappa shape index (κ1) is 18.5. The third-order valence-corrected chi connectivity index (χ3v) is 5.25. The largest absolute Gasteiger partial charge is 0.454 e. The van der Waals surface area contributed by atoms with Crippen molar-refractivity contribution in [3.05, 3.63) is 59.2 Å². The Morgan fingerprint density at radius 2 is 1.67 bits per heavy atom. The second-order valence-electron chi connectivity index (χ2n) is 7.24. The van der Waals surface area contributed by atoms with Gasteiger partial charge in [0.2, 0.25) is 12.7 Å². The van der Waals surface area contributed by atoms with Crippen molar-refractivity contribution < 1.29 is 22.6 Å². The zero-order valence-corrected chi connectivity index (χ0v) is 15.7. The normalized spacial score (nSPS) is 15.3. The molecule has 0 amide bonds. The van der Waals surface area contributed by atoms with Crippen molar-refractivity contribution in [2.24, 2.45) is 0 Å². The van der Waals surface area contributed by atoms with E-state index < -0.39 is 11.7 Å². The number of nitrogens with two attached hydrogens (primary N) is 1. The highest BCUT2D eigenvalue weighted by atomic mass is 19.4. The smallest absolute Gasteiger partial charge is 0.422 e. The molecule has 2 aromatic carbocycles. The van der Waals surface area contributed by atoms with Crippen LogP contribution in [-0.4, -0.2) is 22.8 Å². The molecule has 30 heavy (non-hydrogen) atoms. The molecule has 0 fully saturated rings. The minimum absolute atomic E-state index is 0.0197. The maximum absolute atomic E-state index is 14.1. The first-order valence-corrected chi connectivity index (χ1v) is 9.36. The SMILES string of the molecule is Nc1nc(NC2Cc3ccccc3C2)c(C(F)(F)F)c(-c2ccc3c(c2)OCO3)n1. The summed E-state index contributed by atoms with van der Waals surface area (Å²) >= 11 is 0. The van der Waals surface area contributed by atoms with Crippen molar-refractivity contribution >= 4 is 11.8 Å².